The van der Waals surface area contributed by atoms with E-state index in [0.29, 0.717) is 11.3 Å². The molecule has 0 aliphatic carbocycles. The van der Waals surface area contributed by atoms with E-state index in [4.69, 9.17) is 10.00 Å². The second-order valence-corrected chi connectivity index (χ2v) is 4.82. The number of esters is 1. The van der Waals surface area contributed by atoms with Crippen LogP contribution in [0, 0.1) is 23.0 Å². The SMILES string of the molecule is CC(OC(=O)c1c(F)cccc1F)C(=O)Nc1ccc(C#N)cc1. The van der Waals surface area contributed by atoms with Gasteiger partial charge in [-0.05, 0) is 43.3 Å². The molecule has 2 aromatic rings. The van der Waals surface area contributed by atoms with E-state index in [1.54, 1.807) is 0 Å². The number of nitriles is 1. The summed E-state index contributed by atoms with van der Waals surface area (Å²) in [6.45, 7) is 1.27. The smallest absolute Gasteiger partial charge is 0.344 e. The molecule has 0 saturated heterocycles. The number of hydrogen-bond donors (Lipinski definition) is 1. The van der Waals surface area contributed by atoms with E-state index in [1.807, 2.05) is 6.07 Å². The van der Waals surface area contributed by atoms with E-state index in [2.05, 4.69) is 5.32 Å². The summed E-state index contributed by atoms with van der Waals surface area (Å²) in [5.74, 6) is -4.09. The lowest BCUT2D eigenvalue weighted by atomic mass is 10.2. The summed E-state index contributed by atoms with van der Waals surface area (Å²) in [5.41, 5.74) is -0.0444. The number of halogens is 2. The predicted octanol–water partition coefficient (Wildman–Crippen LogP) is 3.02. The van der Waals surface area contributed by atoms with Crippen LogP contribution in [-0.4, -0.2) is 18.0 Å². The summed E-state index contributed by atoms with van der Waals surface area (Å²) < 4.78 is 31.8. The average Bonchev–Trinajstić information content (AvgIpc) is 2.55. The largest absolute Gasteiger partial charge is 0.449 e. The van der Waals surface area contributed by atoms with Gasteiger partial charge in [-0.3, -0.25) is 4.79 Å². The summed E-state index contributed by atoms with van der Waals surface area (Å²) in [5, 5.41) is 11.2. The number of nitrogens with zero attached hydrogens (tertiary/aromatic N) is 1. The van der Waals surface area contributed by atoms with Crippen LogP contribution in [0.4, 0.5) is 14.5 Å². The molecule has 0 saturated carbocycles. The van der Waals surface area contributed by atoms with Crippen molar-refractivity contribution in [2.24, 2.45) is 0 Å². The van der Waals surface area contributed by atoms with E-state index in [0.717, 1.165) is 18.2 Å². The maximum absolute atomic E-state index is 13.5. The van der Waals surface area contributed by atoms with Crippen LogP contribution in [-0.2, 0) is 9.53 Å². The third-order valence-corrected chi connectivity index (χ3v) is 3.10. The van der Waals surface area contributed by atoms with Crippen molar-refractivity contribution in [1.29, 1.82) is 5.26 Å². The molecule has 7 heteroatoms. The monoisotopic (exact) mass is 330 g/mol. The zero-order valence-electron chi connectivity index (χ0n) is 12.5. The number of benzene rings is 2. The topological polar surface area (TPSA) is 79.2 Å². The van der Waals surface area contributed by atoms with Gasteiger partial charge in [-0.25, -0.2) is 13.6 Å². The van der Waals surface area contributed by atoms with E-state index < -0.39 is 35.2 Å². The van der Waals surface area contributed by atoms with Crippen LogP contribution in [0.3, 0.4) is 0 Å². The van der Waals surface area contributed by atoms with Crippen molar-refractivity contribution >= 4 is 17.6 Å². The molecule has 0 heterocycles. The highest BCUT2D eigenvalue weighted by molar-refractivity contribution is 5.97. The highest BCUT2D eigenvalue weighted by Gasteiger charge is 2.24. The quantitative estimate of drug-likeness (QED) is 0.874. The number of carbonyl (C=O) groups is 2. The van der Waals surface area contributed by atoms with Gasteiger partial charge in [0.2, 0.25) is 0 Å². The van der Waals surface area contributed by atoms with Gasteiger partial charge in [-0.2, -0.15) is 5.26 Å². The molecule has 1 amide bonds. The number of anilines is 1. The van der Waals surface area contributed by atoms with Crippen molar-refractivity contribution in [2.75, 3.05) is 5.32 Å². The fraction of sp³-hybridized carbons (Fsp3) is 0.118. The number of amides is 1. The maximum Gasteiger partial charge on any atom is 0.344 e. The van der Waals surface area contributed by atoms with E-state index in [1.165, 1.54) is 31.2 Å². The van der Waals surface area contributed by atoms with Gasteiger partial charge in [0.15, 0.2) is 6.10 Å². The molecule has 0 fully saturated rings. The van der Waals surface area contributed by atoms with Crippen LogP contribution in [0.5, 0.6) is 0 Å². The number of nitrogens with one attached hydrogen (secondary N) is 1. The Hall–Kier alpha value is -3.27. The van der Waals surface area contributed by atoms with Crippen molar-refractivity contribution in [3.63, 3.8) is 0 Å². The first-order valence-electron chi connectivity index (χ1n) is 6.88. The van der Waals surface area contributed by atoms with Gasteiger partial charge in [0.1, 0.15) is 17.2 Å². The molecule has 2 aromatic carbocycles. The fourth-order valence-corrected chi connectivity index (χ4v) is 1.84. The lowest BCUT2D eigenvalue weighted by molar-refractivity contribution is -0.123. The Bertz CT molecular complexity index is 793. The van der Waals surface area contributed by atoms with Crippen LogP contribution < -0.4 is 5.32 Å². The number of ether oxygens (including phenoxy) is 1. The third-order valence-electron chi connectivity index (χ3n) is 3.10. The molecule has 1 unspecified atom stereocenters. The molecule has 1 atom stereocenters. The van der Waals surface area contributed by atoms with Crippen molar-refractivity contribution < 1.29 is 23.1 Å². The van der Waals surface area contributed by atoms with Crippen LogP contribution >= 0.6 is 0 Å². The lowest BCUT2D eigenvalue weighted by Gasteiger charge is -2.14. The van der Waals surface area contributed by atoms with Gasteiger partial charge in [0, 0.05) is 5.69 Å². The van der Waals surface area contributed by atoms with Crippen molar-refractivity contribution in [3.8, 4) is 6.07 Å². The van der Waals surface area contributed by atoms with Gasteiger partial charge < -0.3 is 10.1 Å². The normalized spacial score (nSPS) is 11.2. The molecule has 122 valence electrons. The van der Waals surface area contributed by atoms with Crippen molar-refractivity contribution in [2.45, 2.75) is 13.0 Å². The van der Waals surface area contributed by atoms with Gasteiger partial charge in [0.25, 0.3) is 5.91 Å². The second-order valence-electron chi connectivity index (χ2n) is 4.82. The first-order chi connectivity index (χ1) is 11.4. The molecule has 0 bridgehead atoms. The van der Waals surface area contributed by atoms with Gasteiger partial charge in [0.05, 0.1) is 11.6 Å². The first-order valence-corrected chi connectivity index (χ1v) is 6.88. The van der Waals surface area contributed by atoms with Crippen LogP contribution in [0.25, 0.3) is 0 Å². The second kappa shape index (κ2) is 7.33. The molecule has 5 nitrogen and oxygen atoms in total. The number of rotatable bonds is 4. The Kier molecular flexibility index (Phi) is 5.22. The summed E-state index contributed by atoms with van der Waals surface area (Å²) in [4.78, 5) is 23.8. The minimum atomic E-state index is -1.27. The van der Waals surface area contributed by atoms with Crippen LogP contribution in [0.2, 0.25) is 0 Å². The molecule has 0 spiro atoms. The lowest BCUT2D eigenvalue weighted by Crippen LogP contribution is -2.30. The predicted molar refractivity (Wildman–Crippen MR) is 81.0 cm³/mol. The fourth-order valence-electron chi connectivity index (χ4n) is 1.84. The standard InChI is InChI=1S/C17H12F2N2O3/c1-10(16(22)21-12-7-5-11(9-20)6-8-12)24-17(23)15-13(18)3-2-4-14(15)19/h2-8,10H,1H3,(H,21,22). The maximum atomic E-state index is 13.5. The minimum absolute atomic E-state index is 0.388. The summed E-state index contributed by atoms with van der Waals surface area (Å²) in [6, 6.07) is 10.9. The zero-order valence-corrected chi connectivity index (χ0v) is 12.5. The number of hydrogen-bond acceptors (Lipinski definition) is 4. The first kappa shape index (κ1) is 17.1. The zero-order chi connectivity index (χ0) is 17.7. The van der Waals surface area contributed by atoms with Gasteiger partial charge in [-0.1, -0.05) is 6.07 Å². The Morgan fingerprint density at radius 2 is 1.71 bits per heavy atom. The van der Waals surface area contributed by atoms with E-state index in [-0.39, 0.29) is 0 Å². The Balaban J connectivity index is 2.03. The van der Waals surface area contributed by atoms with E-state index in [9.17, 15) is 18.4 Å². The Labute approximate surface area is 136 Å². The highest BCUT2D eigenvalue weighted by atomic mass is 19.1. The molecule has 2 rings (SSSR count). The van der Waals surface area contributed by atoms with Crippen molar-refractivity contribution in [1.82, 2.24) is 0 Å². The summed E-state index contributed by atoms with van der Waals surface area (Å²) in [7, 11) is 0. The van der Waals surface area contributed by atoms with Gasteiger partial charge in [-0.15, -0.1) is 0 Å². The molecular weight excluding hydrogens is 318 g/mol. The molecule has 24 heavy (non-hydrogen) atoms. The highest BCUT2D eigenvalue weighted by Crippen LogP contribution is 2.15. The van der Waals surface area contributed by atoms with Crippen LogP contribution in [0.1, 0.15) is 22.8 Å². The molecule has 1 N–H and O–H groups in total. The summed E-state index contributed by atoms with van der Waals surface area (Å²) in [6.07, 6.45) is -1.27. The Morgan fingerprint density at radius 1 is 1.12 bits per heavy atom. The van der Waals surface area contributed by atoms with Crippen molar-refractivity contribution in [3.05, 3.63) is 65.2 Å². The molecule has 0 aromatic heterocycles. The minimum Gasteiger partial charge on any atom is -0.449 e. The molecular formula is C17H12F2N2O3. The van der Waals surface area contributed by atoms with Gasteiger partial charge >= 0.3 is 5.97 Å². The molecule has 0 aliphatic heterocycles. The average molecular weight is 330 g/mol. The third kappa shape index (κ3) is 3.93. The molecule has 0 aliphatic rings. The number of carbonyl (C=O) groups excluding carboxylic acids is 2. The van der Waals surface area contributed by atoms with Crippen LogP contribution in [0.15, 0.2) is 42.5 Å². The molecule has 0 radical (unpaired) electrons. The summed E-state index contributed by atoms with van der Waals surface area (Å²) >= 11 is 0. The Morgan fingerprint density at radius 3 is 2.25 bits per heavy atom. The van der Waals surface area contributed by atoms with E-state index >= 15 is 0 Å².